The highest BCUT2D eigenvalue weighted by molar-refractivity contribution is 6.00. The molecule has 1 aromatic carbocycles. The Morgan fingerprint density at radius 3 is 2.73 bits per heavy atom. The van der Waals surface area contributed by atoms with Gasteiger partial charge in [0.1, 0.15) is 6.54 Å². The van der Waals surface area contributed by atoms with E-state index in [4.69, 9.17) is 10.5 Å². The smallest absolute Gasteiger partial charge is 0.252 e. The minimum atomic E-state index is -0.327. The second-order valence-electron chi connectivity index (χ2n) is 8.08. The third-order valence-electron chi connectivity index (χ3n) is 5.84. The molecule has 1 aliphatic rings. The topological polar surface area (TPSA) is 132 Å². The quantitative estimate of drug-likeness (QED) is 0.555. The van der Waals surface area contributed by atoms with Gasteiger partial charge in [0.2, 0.25) is 5.95 Å². The van der Waals surface area contributed by atoms with Crippen molar-refractivity contribution in [2.45, 2.75) is 38.6 Å². The van der Waals surface area contributed by atoms with Crippen molar-refractivity contribution in [2.75, 3.05) is 11.9 Å². The number of carbonyl (C=O) groups excluding carboxylic acids is 1. The van der Waals surface area contributed by atoms with Crippen molar-refractivity contribution in [1.82, 2.24) is 25.1 Å². The molecule has 0 bridgehead atoms. The highest BCUT2D eigenvalue weighted by Gasteiger charge is 2.23. The molecule has 0 atom stereocenters. The molecule has 0 aliphatic heterocycles. The van der Waals surface area contributed by atoms with Crippen LogP contribution in [0.25, 0.3) is 11.3 Å². The first-order valence-electron chi connectivity index (χ1n) is 10.9. The summed E-state index contributed by atoms with van der Waals surface area (Å²) in [7, 11) is 0. The maximum Gasteiger partial charge on any atom is 0.252 e. The molecule has 33 heavy (non-hydrogen) atoms. The van der Waals surface area contributed by atoms with Gasteiger partial charge in [-0.2, -0.15) is 15.6 Å². The normalized spacial score (nSPS) is 17.5. The lowest BCUT2D eigenvalue weighted by atomic mass is 9.87. The van der Waals surface area contributed by atoms with Crippen LogP contribution in [-0.4, -0.2) is 32.2 Å². The van der Waals surface area contributed by atoms with Gasteiger partial charge in [-0.1, -0.05) is 18.2 Å². The molecule has 1 fully saturated rings. The first-order valence-corrected chi connectivity index (χ1v) is 10.9. The van der Waals surface area contributed by atoms with Gasteiger partial charge in [0, 0.05) is 29.4 Å². The van der Waals surface area contributed by atoms with E-state index in [0.717, 1.165) is 36.9 Å². The molecular weight excluding hydrogens is 416 g/mol. The zero-order chi connectivity index (χ0) is 23.2. The van der Waals surface area contributed by atoms with Gasteiger partial charge < -0.3 is 10.6 Å². The van der Waals surface area contributed by atoms with Crippen molar-refractivity contribution in [3.8, 4) is 23.4 Å². The molecule has 2 heterocycles. The van der Waals surface area contributed by atoms with Gasteiger partial charge in [-0.05, 0) is 44.2 Å². The zero-order valence-electron chi connectivity index (χ0n) is 18.3. The molecule has 9 heteroatoms. The molecule has 0 unspecified atom stereocenters. The van der Waals surface area contributed by atoms with Crippen molar-refractivity contribution in [3.05, 3.63) is 54.0 Å². The molecular formula is C24H24N8O. The lowest BCUT2D eigenvalue weighted by Gasteiger charge is -2.24. The van der Waals surface area contributed by atoms with Crippen LogP contribution < -0.4 is 10.6 Å². The van der Waals surface area contributed by atoms with E-state index in [2.05, 4.69) is 31.8 Å². The van der Waals surface area contributed by atoms with Crippen LogP contribution in [0.3, 0.4) is 0 Å². The number of aryl methyl sites for hydroxylation is 1. The number of hydrogen-bond donors (Lipinski definition) is 2. The van der Waals surface area contributed by atoms with Crippen LogP contribution in [0, 0.1) is 35.5 Å². The van der Waals surface area contributed by atoms with Gasteiger partial charge in [0.05, 0.1) is 35.8 Å². The Labute approximate surface area is 192 Å². The molecule has 1 saturated carbocycles. The van der Waals surface area contributed by atoms with Gasteiger partial charge in [-0.15, -0.1) is 0 Å². The van der Waals surface area contributed by atoms with Crippen molar-refractivity contribution in [3.63, 3.8) is 0 Å². The van der Waals surface area contributed by atoms with E-state index in [1.54, 1.807) is 24.5 Å². The van der Waals surface area contributed by atoms with E-state index in [-0.39, 0.29) is 18.4 Å². The van der Waals surface area contributed by atoms with E-state index >= 15 is 0 Å². The number of nitrogens with zero attached hydrogens (tertiary/aromatic N) is 6. The standard InChI is InChI=1S/C24H24N8O/c1-16-13-28-24(30-18-14-29-32(15-18)19-8-6-17(12-26)7-9-19)31-22(16)20-4-2-3-5-21(20)23(33)27-11-10-25/h2-5,13-15,17,19H,6-9,11H2,1H3,(H,27,33)(H,28,30,31)/t17-,19+. The molecule has 4 rings (SSSR count). The summed E-state index contributed by atoms with van der Waals surface area (Å²) in [6.45, 7) is 1.82. The summed E-state index contributed by atoms with van der Waals surface area (Å²) in [6.07, 6.45) is 9.06. The summed E-state index contributed by atoms with van der Waals surface area (Å²) in [5, 5.41) is 28.1. The van der Waals surface area contributed by atoms with Crippen LogP contribution in [0.15, 0.2) is 42.9 Å². The van der Waals surface area contributed by atoms with E-state index in [0.29, 0.717) is 28.8 Å². The third kappa shape index (κ3) is 4.99. The second kappa shape index (κ2) is 9.92. The Hall–Kier alpha value is -4.24. The van der Waals surface area contributed by atoms with E-state index < -0.39 is 0 Å². The maximum absolute atomic E-state index is 12.5. The fourth-order valence-corrected chi connectivity index (χ4v) is 4.08. The average molecular weight is 441 g/mol. The summed E-state index contributed by atoms with van der Waals surface area (Å²) in [5.74, 6) is 0.223. The largest absolute Gasteiger partial charge is 0.339 e. The minimum Gasteiger partial charge on any atom is -0.339 e. The SMILES string of the molecule is Cc1cnc(Nc2cnn([C@H]3CC[C@@H](C#N)CC3)c2)nc1-c1ccccc1C(=O)NCC#N. The summed E-state index contributed by atoms with van der Waals surface area (Å²) in [5.41, 5.74) is 3.35. The maximum atomic E-state index is 12.5. The predicted molar refractivity (Wildman–Crippen MR) is 122 cm³/mol. The van der Waals surface area contributed by atoms with Crippen LogP contribution in [0.1, 0.15) is 47.6 Å². The van der Waals surface area contributed by atoms with Crippen molar-refractivity contribution in [1.29, 1.82) is 10.5 Å². The average Bonchev–Trinajstić information content (AvgIpc) is 3.32. The van der Waals surface area contributed by atoms with Gasteiger partial charge >= 0.3 is 0 Å². The monoisotopic (exact) mass is 440 g/mol. The number of rotatable bonds is 6. The fraction of sp³-hybridized carbons (Fsp3) is 0.333. The molecule has 2 N–H and O–H groups in total. The summed E-state index contributed by atoms with van der Waals surface area (Å²) < 4.78 is 1.94. The van der Waals surface area contributed by atoms with Crippen LogP contribution in [0.5, 0.6) is 0 Å². The van der Waals surface area contributed by atoms with Gasteiger partial charge in [-0.3, -0.25) is 9.48 Å². The van der Waals surface area contributed by atoms with Crippen LogP contribution in [0.4, 0.5) is 11.6 Å². The zero-order valence-corrected chi connectivity index (χ0v) is 18.3. The van der Waals surface area contributed by atoms with Crippen LogP contribution in [-0.2, 0) is 0 Å². The predicted octanol–water partition coefficient (Wildman–Crippen LogP) is 3.90. The molecule has 0 radical (unpaired) electrons. The van der Waals surface area contributed by atoms with Gasteiger partial charge in [-0.25, -0.2) is 9.97 Å². The molecule has 3 aromatic rings. The van der Waals surface area contributed by atoms with E-state index in [9.17, 15) is 4.79 Å². The molecule has 0 spiro atoms. The molecule has 0 saturated heterocycles. The number of carbonyl (C=O) groups is 1. The number of aromatic nitrogens is 4. The van der Waals surface area contributed by atoms with Crippen LogP contribution >= 0.6 is 0 Å². The molecule has 166 valence electrons. The highest BCUT2D eigenvalue weighted by Crippen LogP contribution is 2.32. The van der Waals surface area contributed by atoms with Gasteiger partial charge in [0.15, 0.2) is 0 Å². The molecule has 1 aliphatic carbocycles. The van der Waals surface area contributed by atoms with Crippen LogP contribution in [0.2, 0.25) is 0 Å². The summed E-state index contributed by atoms with van der Waals surface area (Å²) >= 11 is 0. The number of anilines is 2. The molecule has 9 nitrogen and oxygen atoms in total. The Bertz CT molecular complexity index is 1230. The van der Waals surface area contributed by atoms with Gasteiger partial charge in [0.25, 0.3) is 5.91 Å². The first-order chi connectivity index (χ1) is 16.1. The van der Waals surface area contributed by atoms with Crippen molar-refractivity contribution < 1.29 is 4.79 Å². The Morgan fingerprint density at radius 1 is 1.18 bits per heavy atom. The fourth-order valence-electron chi connectivity index (χ4n) is 4.08. The second-order valence-corrected chi connectivity index (χ2v) is 8.08. The Morgan fingerprint density at radius 2 is 1.97 bits per heavy atom. The summed E-state index contributed by atoms with van der Waals surface area (Å²) in [6, 6.07) is 11.7. The van der Waals surface area contributed by atoms with E-state index in [1.807, 2.05) is 36.0 Å². The lowest BCUT2D eigenvalue weighted by Crippen LogP contribution is -2.24. The number of benzene rings is 1. The minimum absolute atomic E-state index is 0.0646. The number of hydrogen-bond acceptors (Lipinski definition) is 7. The first kappa shape index (κ1) is 22.0. The molecule has 2 aromatic heterocycles. The summed E-state index contributed by atoms with van der Waals surface area (Å²) in [4.78, 5) is 21.6. The Kier molecular flexibility index (Phi) is 6.61. The number of amides is 1. The number of nitriles is 2. The van der Waals surface area contributed by atoms with Crippen molar-refractivity contribution >= 4 is 17.5 Å². The third-order valence-corrected chi connectivity index (χ3v) is 5.84. The highest BCUT2D eigenvalue weighted by atomic mass is 16.1. The number of nitrogens with one attached hydrogen (secondary N) is 2. The van der Waals surface area contributed by atoms with Crippen molar-refractivity contribution in [2.24, 2.45) is 5.92 Å². The molecule has 1 amide bonds. The van der Waals surface area contributed by atoms with E-state index in [1.165, 1.54) is 0 Å². The Balaban J connectivity index is 1.54. The lowest BCUT2D eigenvalue weighted by molar-refractivity contribution is 0.0959.